The molecule has 2 radical (unpaired) electrons. The van der Waals surface area contributed by atoms with E-state index in [2.05, 4.69) is 10.2 Å². The van der Waals surface area contributed by atoms with Crippen LogP contribution in [0, 0.1) is 6.92 Å². The Kier molecular flexibility index (Phi) is 4.39. The van der Waals surface area contributed by atoms with Gasteiger partial charge in [-0.2, -0.15) is 0 Å². The molecule has 1 heterocycles. The summed E-state index contributed by atoms with van der Waals surface area (Å²) in [5.74, 6) is -0.161. The zero-order valence-electron chi connectivity index (χ0n) is 12.3. The summed E-state index contributed by atoms with van der Waals surface area (Å²) in [5.41, 5.74) is 3.00. The zero-order valence-corrected chi connectivity index (χ0v) is 12.3. The Labute approximate surface area is 130 Å². The molecule has 0 unspecified atom stereocenters. The molecule has 1 N–H and O–H groups in total. The van der Waals surface area contributed by atoms with E-state index in [1.165, 1.54) is 0 Å². The van der Waals surface area contributed by atoms with E-state index in [0.717, 1.165) is 37.7 Å². The van der Waals surface area contributed by atoms with Gasteiger partial charge in [0.25, 0.3) is 5.91 Å². The summed E-state index contributed by atoms with van der Waals surface area (Å²) < 4.78 is 5.36. The highest BCUT2D eigenvalue weighted by atomic mass is 16.5. The van der Waals surface area contributed by atoms with Gasteiger partial charge in [-0.15, -0.1) is 0 Å². The summed E-state index contributed by atoms with van der Waals surface area (Å²) in [6.07, 6.45) is 0. The average molecular weight is 294 g/mol. The maximum Gasteiger partial charge on any atom is 0.255 e. The summed E-state index contributed by atoms with van der Waals surface area (Å²) in [4.78, 5) is 14.5. The summed E-state index contributed by atoms with van der Waals surface area (Å²) in [6.45, 7) is 8.92. The fraction of sp³-hybridized carbons (Fsp3) is 0.222. The largest absolute Gasteiger partial charge is 0.378 e. The second-order valence-electron chi connectivity index (χ2n) is 5.23. The number of ether oxygens (including phenoxy) is 1. The van der Waals surface area contributed by atoms with Crippen LogP contribution in [0.15, 0.2) is 48.5 Å². The van der Waals surface area contributed by atoms with Crippen molar-refractivity contribution in [3.8, 4) is 0 Å². The average Bonchev–Trinajstić information content (AvgIpc) is 2.56. The first kappa shape index (κ1) is 14.6. The summed E-state index contributed by atoms with van der Waals surface area (Å²) in [6, 6.07) is 14.8. The molecule has 22 heavy (non-hydrogen) atoms. The van der Waals surface area contributed by atoms with E-state index < -0.39 is 0 Å². The van der Waals surface area contributed by atoms with Crippen molar-refractivity contribution in [2.24, 2.45) is 0 Å². The van der Waals surface area contributed by atoms with Crippen molar-refractivity contribution in [1.29, 1.82) is 0 Å². The van der Waals surface area contributed by atoms with Crippen LogP contribution in [0.25, 0.3) is 0 Å². The highest BCUT2D eigenvalue weighted by Crippen LogP contribution is 2.21. The number of nitrogens with zero attached hydrogens (tertiary/aromatic N) is 1. The molecule has 1 fully saturated rings. The van der Waals surface area contributed by atoms with E-state index in [1.54, 1.807) is 24.3 Å². The Hall–Kier alpha value is -2.33. The van der Waals surface area contributed by atoms with Gasteiger partial charge < -0.3 is 15.0 Å². The van der Waals surface area contributed by atoms with Crippen molar-refractivity contribution in [1.82, 2.24) is 0 Å². The summed E-state index contributed by atoms with van der Waals surface area (Å²) in [5, 5.41) is 2.91. The lowest BCUT2D eigenvalue weighted by atomic mass is 10.1. The van der Waals surface area contributed by atoms with Crippen molar-refractivity contribution in [2.75, 3.05) is 36.5 Å². The number of amides is 1. The van der Waals surface area contributed by atoms with Crippen LogP contribution in [0.1, 0.15) is 15.9 Å². The number of morpholine rings is 1. The van der Waals surface area contributed by atoms with Crippen molar-refractivity contribution in [3.63, 3.8) is 0 Å². The van der Waals surface area contributed by atoms with Gasteiger partial charge in [-0.05, 0) is 42.8 Å². The highest BCUT2D eigenvalue weighted by molar-refractivity contribution is 6.04. The second kappa shape index (κ2) is 6.62. The first-order valence-corrected chi connectivity index (χ1v) is 7.32. The molecule has 2 aromatic rings. The first-order chi connectivity index (χ1) is 10.7. The van der Waals surface area contributed by atoms with E-state index in [0.29, 0.717) is 11.1 Å². The number of rotatable bonds is 3. The molecule has 1 amide bonds. The van der Waals surface area contributed by atoms with Crippen molar-refractivity contribution < 1.29 is 9.53 Å². The van der Waals surface area contributed by atoms with Crippen LogP contribution in [0.4, 0.5) is 11.4 Å². The van der Waals surface area contributed by atoms with Gasteiger partial charge in [0.1, 0.15) is 0 Å². The topological polar surface area (TPSA) is 41.6 Å². The standard InChI is InChI=1S/C18H18N2O2/c1-14-4-2-5-15(12-14)18(21)19-16-6-3-7-17(13-16)20-8-10-22-11-9-20/h1-7,12-13H,8-11H2,(H,19,21). The number of hydrogen-bond acceptors (Lipinski definition) is 3. The SMILES string of the molecule is [CH]c1cccc(C(=O)Nc2cccc(N3CCOCC3)c2)c1. The number of benzene rings is 2. The van der Waals surface area contributed by atoms with Gasteiger partial charge in [-0.3, -0.25) is 4.79 Å². The number of hydrogen-bond donors (Lipinski definition) is 1. The molecular formula is C18H18N2O2. The summed E-state index contributed by atoms with van der Waals surface area (Å²) in [7, 11) is 0. The van der Waals surface area contributed by atoms with E-state index in [-0.39, 0.29) is 5.91 Å². The van der Waals surface area contributed by atoms with Gasteiger partial charge in [0.05, 0.1) is 13.2 Å². The molecule has 1 aliphatic rings. The molecular weight excluding hydrogens is 276 g/mol. The smallest absolute Gasteiger partial charge is 0.255 e. The molecule has 1 aliphatic heterocycles. The highest BCUT2D eigenvalue weighted by Gasteiger charge is 2.12. The van der Waals surface area contributed by atoms with Gasteiger partial charge >= 0.3 is 0 Å². The molecule has 4 nitrogen and oxygen atoms in total. The molecule has 1 saturated heterocycles. The Morgan fingerprint density at radius 1 is 1.09 bits per heavy atom. The number of nitrogens with one attached hydrogen (secondary N) is 1. The Morgan fingerprint density at radius 3 is 2.64 bits per heavy atom. The van der Waals surface area contributed by atoms with Crippen LogP contribution in [0.3, 0.4) is 0 Å². The molecule has 112 valence electrons. The predicted molar refractivity (Wildman–Crippen MR) is 87.3 cm³/mol. The monoisotopic (exact) mass is 294 g/mol. The van der Waals surface area contributed by atoms with Crippen molar-refractivity contribution in [2.45, 2.75) is 0 Å². The van der Waals surface area contributed by atoms with Gasteiger partial charge in [0.15, 0.2) is 0 Å². The molecule has 3 rings (SSSR count). The summed E-state index contributed by atoms with van der Waals surface area (Å²) >= 11 is 0. The van der Waals surface area contributed by atoms with Gasteiger partial charge in [-0.25, -0.2) is 0 Å². The lowest BCUT2D eigenvalue weighted by molar-refractivity contribution is 0.102. The lowest BCUT2D eigenvalue weighted by Gasteiger charge is -2.29. The van der Waals surface area contributed by atoms with E-state index in [4.69, 9.17) is 11.7 Å². The van der Waals surface area contributed by atoms with Gasteiger partial charge in [-0.1, -0.05) is 18.2 Å². The molecule has 4 heteroatoms. The van der Waals surface area contributed by atoms with Crippen LogP contribution in [-0.4, -0.2) is 32.2 Å². The van der Waals surface area contributed by atoms with Crippen LogP contribution >= 0.6 is 0 Å². The molecule has 0 bridgehead atoms. The molecule has 0 atom stereocenters. The number of anilines is 2. The normalized spacial score (nSPS) is 14.7. The fourth-order valence-corrected chi connectivity index (χ4v) is 2.49. The van der Waals surface area contributed by atoms with Crippen LogP contribution in [0.2, 0.25) is 0 Å². The predicted octanol–water partition coefficient (Wildman–Crippen LogP) is 2.83. The number of carbonyl (C=O) groups excluding carboxylic acids is 1. The Bertz CT molecular complexity index is 664. The van der Waals surface area contributed by atoms with Crippen LogP contribution in [0.5, 0.6) is 0 Å². The van der Waals surface area contributed by atoms with Gasteiger partial charge in [0.2, 0.25) is 0 Å². The number of carbonyl (C=O) groups is 1. The fourth-order valence-electron chi connectivity index (χ4n) is 2.49. The minimum Gasteiger partial charge on any atom is -0.378 e. The maximum atomic E-state index is 12.3. The Balaban J connectivity index is 1.73. The minimum atomic E-state index is -0.161. The molecule has 0 spiro atoms. The third kappa shape index (κ3) is 3.46. The Morgan fingerprint density at radius 2 is 1.86 bits per heavy atom. The quantitative estimate of drug-likeness (QED) is 0.946. The van der Waals surface area contributed by atoms with E-state index in [9.17, 15) is 4.79 Å². The third-order valence-corrected chi connectivity index (χ3v) is 3.63. The molecule has 0 aromatic heterocycles. The molecule has 0 aliphatic carbocycles. The van der Waals surface area contributed by atoms with Crippen molar-refractivity contribution >= 4 is 17.3 Å². The van der Waals surface area contributed by atoms with Gasteiger partial charge in [0, 0.05) is 30.0 Å². The maximum absolute atomic E-state index is 12.3. The zero-order chi connectivity index (χ0) is 15.4. The van der Waals surface area contributed by atoms with Crippen molar-refractivity contribution in [3.05, 3.63) is 66.6 Å². The van der Waals surface area contributed by atoms with Crippen LogP contribution in [-0.2, 0) is 4.74 Å². The van der Waals surface area contributed by atoms with E-state index >= 15 is 0 Å². The lowest BCUT2D eigenvalue weighted by Crippen LogP contribution is -2.36. The second-order valence-corrected chi connectivity index (χ2v) is 5.23. The van der Waals surface area contributed by atoms with E-state index in [1.807, 2.05) is 24.3 Å². The minimum absolute atomic E-state index is 0.161. The molecule has 2 aromatic carbocycles. The molecule has 0 saturated carbocycles. The first-order valence-electron chi connectivity index (χ1n) is 7.32. The third-order valence-electron chi connectivity index (χ3n) is 3.63. The van der Waals surface area contributed by atoms with Crippen LogP contribution < -0.4 is 10.2 Å².